The highest BCUT2D eigenvalue weighted by Crippen LogP contribution is 2.31. The van der Waals surface area contributed by atoms with Gasteiger partial charge >= 0.3 is 0 Å². The first-order chi connectivity index (χ1) is 11.8. The zero-order valence-corrected chi connectivity index (χ0v) is 17.5. The maximum Gasteiger partial charge on any atom is 0.0280 e. The molecule has 3 aliphatic rings. The van der Waals surface area contributed by atoms with Crippen LogP contribution in [0.3, 0.4) is 0 Å². The van der Waals surface area contributed by atoms with Crippen molar-refractivity contribution in [3.63, 3.8) is 0 Å². The van der Waals surface area contributed by atoms with Gasteiger partial charge in [-0.15, -0.1) is 0 Å². The molecule has 0 aromatic heterocycles. The third-order valence-corrected chi connectivity index (χ3v) is 7.02. The molecular formula is C21H42N4. The summed E-state index contributed by atoms with van der Waals surface area (Å²) in [6.45, 7) is 23.3. The van der Waals surface area contributed by atoms with Crippen molar-refractivity contribution in [2.75, 3.05) is 58.9 Å². The summed E-state index contributed by atoms with van der Waals surface area (Å²) in [6.07, 6.45) is 4.13. The number of nitrogens with one attached hydrogen (secondary N) is 1. The monoisotopic (exact) mass is 350 g/mol. The smallest absolute Gasteiger partial charge is 0.0280 e. The van der Waals surface area contributed by atoms with Crippen LogP contribution in [-0.2, 0) is 0 Å². The molecule has 1 N–H and O–H groups in total. The van der Waals surface area contributed by atoms with E-state index in [9.17, 15) is 0 Å². The maximum atomic E-state index is 3.45. The minimum atomic E-state index is 0.305. The van der Waals surface area contributed by atoms with Crippen molar-refractivity contribution in [1.29, 1.82) is 0 Å². The van der Waals surface area contributed by atoms with E-state index in [1.54, 1.807) is 0 Å². The maximum absolute atomic E-state index is 3.45. The van der Waals surface area contributed by atoms with Gasteiger partial charge in [0, 0.05) is 30.7 Å². The largest absolute Gasteiger partial charge is 0.316 e. The highest BCUT2D eigenvalue weighted by atomic mass is 15.3. The average molecular weight is 351 g/mol. The molecule has 3 aliphatic heterocycles. The Morgan fingerprint density at radius 2 is 1.44 bits per heavy atom. The van der Waals surface area contributed by atoms with Crippen molar-refractivity contribution in [1.82, 2.24) is 20.0 Å². The number of hydrogen-bond donors (Lipinski definition) is 1. The van der Waals surface area contributed by atoms with E-state index >= 15 is 0 Å². The van der Waals surface area contributed by atoms with Crippen LogP contribution in [-0.4, -0.2) is 84.7 Å². The molecule has 0 spiro atoms. The zero-order valence-electron chi connectivity index (χ0n) is 17.5. The predicted octanol–water partition coefficient (Wildman–Crippen LogP) is 2.50. The van der Waals surface area contributed by atoms with E-state index in [2.05, 4.69) is 54.6 Å². The second-order valence-electron chi connectivity index (χ2n) is 10.3. The Morgan fingerprint density at radius 1 is 0.760 bits per heavy atom. The third-order valence-electron chi connectivity index (χ3n) is 7.02. The summed E-state index contributed by atoms with van der Waals surface area (Å²) in [5.74, 6) is 1.95. The first-order valence-electron chi connectivity index (χ1n) is 10.7. The van der Waals surface area contributed by atoms with E-state index in [0.29, 0.717) is 11.1 Å². The van der Waals surface area contributed by atoms with Crippen LogP contribution in [0, 0.1) is 11.8 Å². The van der Waals surface area contributed by atoms with Crippen LogP contribution in [0.1, 0.15) is 53.9 Å². The lowest BCUT2D eigenvalue weighted by Gasteiger charge is -2.47. The molecule has 4 nitrogen and oxygen atoms in total. The van der Waals surface area contributed by atoms with Gasteiger partial charge in [-0.3, -0.25) is 9.80 Å². The van der Waals surface area contributed by atoms with E-state index in [4.69, 9.17) is 0 Å². The molecule has 0 bridgehead atoms. The number of nitrogens with zero attached hydrogens (tertiary/aromatic N) is 3. The quantitative estimate of drug-likeness (QED) is 0.841. The lowest BCUT2D eigenvalue weighted by Crippen LogP contribution is -2.56. The summed E-state index contributed by atoms with van der Waals surface area (Å²) in [5.41, 5.74) is 0.615. The van der Waals surface area contributed by atoms with Crippen LogP contribution in [0.25, 0.3) is 0 Å². The molecule has 0 unspecified atom stereocenters. The number of piperidine rings is 1. The second kappa shape index (κ2) is 7.84. The van der Waals surface area contributed by atoms with Gasteiger partial charge in [0.1, 0.15) is 0 Å². The summed E-state index contributed by atoms with van der Waals surface area (Å²) in [4.78, 5) is 8.17. The zero-order chi connectivity index (χ0) is 18.1. The van der Waals surface area contributed by atoms with Crippen molar-refractivity contribution in [3.8, 4) is 0 Å². The fourth-order valence-corrected chi connectivity index (χ4v) is 5.07. The first kappa shape index (κ1) is 19.6. The van der Waals surface area contributed by atoms with Crippen LogP contribution >= 0.6 is 0 Å². The molecule has 3 heterocycles. The summed E-state index contributed by atoms with van der Waals surface area (Å²) in [5, 5.41) is 3.45. The third kappa shape index (κ3) is 4.97. The Kier molecular flexibility index (Phi) is 6.14. The summed E-state index contributed by atoms with van der Waals surface area (Å²) >= 11 is 0. The van der Waals surface area contributed by atoms with Crippen molar-refractivity contribution >= 4 is 0 Å². The van der Waals surface area contributed by atoms with Gasteiger partial charge < -0.3 is 10.2 Å². The van der Waals surface area contributed by atoms with Crippen LogP contribution in [0.5, 0.6) is 0 Å². The van der Waals surface area contributed by atoms with Crippen molar-refractivity contribution < 1.29 is 0 Å². The van der Waals surface area contributed by atoms with E-state index in [0.717, 1.165) is 11.8 Å². The van der Waals surface area contributed by atoms with Crippen molar-refractivity contribution in [2.24, 2.45) is 11.8 Å². The van der Waals surface area contributed by atoms with Crippen LogP contribution < -0.4 is 5.32 Å². The molecule has 146 valence electrons. The number of rotatable bonds is 4. The Hall–Kier alpha value is -0.160. The van der Waals surface area contributed by atoms with Gasteiger partial charge in [0.2, 0.25) is 0 Å². The Bertz CT molecular complexity index is 416. The van der Waals surface area contributed by atoms with Crippen LogP contribution in [0.4, 0.5) is 0 Å². The van der Waals surface area contributed by atoms with Gasteiger partial charge in [0.05, 0.1) is 0 Å². The molecule has 25 heavy (non-hydrogen) atoms. The minimum Gasteiger partial charge on any atom is -0.316 e. The van der Waals surface area contributed by atoms with Crippen LogP contribution in [0.2, 0.25) is 0 Å². The van der Waals surface area contributed by atoms with Crippen molar-refractivity contribution in [3.05, 3.63) is 0 Å². The highest BCUT2D eigenvalue weighted by molar-refractivity contribution is 4.92. The topological polar surface area (TPSA) is 21.8 Å². The lowest BCUT2D eigenvalue weighted by molar-refractivity contribution is 0.0276. The van der Waals surface area contributed by atoms with Gasteiger partial charge in [-0.25, -0.2) is 0 Å². The van der Waals surface area contributed by atoms with E-state index in [1.165, 1.54) is 78.2 Å². The molecule has 0 aromatic rings. The number of hydrogen-bond acceptors (Lipinski definition) is 4. The molecule has 3 rings (SSSR count). The van der Waals surface area contributed by atoms with Gasteiger partial charge in [-0.1, -0.05) is 0 Å². The molecule has 0 atom stereocenters. The van der Waals surface area contributed by atoms with Crippen LogP contribution in [0.15, 0.2) is 0 Å². The molecule has 0 radical (unpaired) electrons. The average Bonchev–Trinajstić information content (AvgIpc) is 2.71. The molecule has 3 saturated heterocycles. The lowest BCUT2D eigenvalue weighted by atomic mass is 9.80. The predicted molar refractivity (Wildman–Crippen MR) is 107 cm³/mol. The Morgan fingerprint density at radius 3 is 2.00 bits per heavy atom. The van der Waals surface area contributed by atoms with E-state index in [-0.39, 0.29) is 0 Å². The standard InChI is InChI=1S/C21H42N4/c1-20(2,3)24-10-6-9-23(13-14-24)17-21(4,5)25-11-7-18(8-12-25)19-15-22-16-19/h18-19,22H,6-17H2,1-5H3. The highest BCUT2D eigenvalue weighted by Gasteiger charge is 2.36. The second-order valence-corrected chi connectivity index (χ2v) is 10.3. The summed E-state index contributed by atoms with van der Waals surface area (Å²) < 4.78 is 0. The molecule has 3 fully saturated rings. The van der Waals surface area contributed by atoms with Gasteiger partial charge in [-0.2, -0.15) is 0 Å². The normalized spacial score (nSPS) is 27.2. The van der Waals surface area contributed by atoms with Crippen molar-refractivity contribution in [2.45, 2.75) is 65.0 Å². The van der Waals surface area contributed by atoms with E-state index in [1.807, 2.05) is 0 Å². The fraction of sp³-hybridized carbons (Fsp3) is 1.00. The molecule has 4 heteroatoms. The molecular weight excluding hydrogens is 308 g/mol. The molecule has 0 aliphatic carbocycles. The van der Waals surface area contributed by atoms with Gasteiger partial charge in [0.15, 0.2) is 0 Å². The van der Waals surface area contributed by atoms with E-state index < -0.39 is 0 Å². The van der Waals surface area contributed by atoms with Gasteiger partial charge in [0.25, 0.3) is 0 Å². The molecule has 0 amide bonds. The Labute approximate surface area is 156 Å². The molecule has 0 saturated carbocycles. The fourth-order valence-electron chi connectivity index (χ4n) is 5.07. The molecule has 0 aromatic carbocycles. The summed E-state index contributed by atoms with van der Waals surface area (Å²) in [6, 6.07) is 0. The first-order valence-corrected chi connectivity index (χ1v) is 10.7. The van der Waals surface area contributed by atoms with Gasteiger partial charge in [-0.05, 0) is 105 Å². The SMILES string of the molecule is CC(C)(C)N1CCCN(CC(C)(C)N2CCC(C3CNC3)CC2)CC1. The summed E-state index contributed by atoms with van der Waals surface area (Å²) in [7, 11) is 0. The number of likely N-dealkylation sites (tertiary alicyclic amines) is 1. The Balaban J connectivity index is 1.48. The minimum absolute atomic E-state index is 0.305.